The molecule has 2 aromatic heterocycles. The number of fused-ring (bicyclic) bond motifs is 1. The number of nitrogens with zero attached hydrogens (tertiary/aromatic N) is 3. The quantitative estimate of drug-likeness (QED) is 0.533. The summed E-state index contributed by atoms with van der Waals surface area (Å²) < 4.78 is 5.42. The molecule has 0 aliphatic carbocycles. The second kappa shape index (κ2) is 7.29. The number of para-hydroxylation sites is 1. The van der Waals surface area contributed by atoms with Gasteiger partial charge in [-0.2, -0.15) is 4.98 Å². The lowest BCUT2D eigenvalue weighted by molar-refractivity contribution is 0.416. The highest BCUT2D eigenvalue weighted by Gasteiger charge is 2.07. The van der Waals surface area contributed by atoms with Crippen molar-refractivity contribution in [2.24, 2.45) is 0 Å². The van der Waals surface area contributed by atoms with Gasteiger partial charge in [0.05, 0.1) is 24.0 Å². The number of anilines is 4. The largest absolute Gasteiger partial charge is 0.495 e. The fourth-order valence-corrected chi connectivity index (χ4v) is 2.87. The zero-order valence-corrected chi connectivity index (χ0v) is 15.1. The number of nitrogens with one attached hydrogen (secondary N) is 2. The van der Waals surface area contributed by atoms with Crippen molar-refractivity contribution in [2.45, 2.75) is 6.92 Å². The normalized spacial score (nSPS) is 10.6. The molecule has 0 aliphatic heterocycles. The van der Waals surface area contributed by atoms with Gasteiger partial charge in [-0.25, -0.2) is 4.98 Å². The SMILES string of the molecule is COc1ccc(C)cc1Nc1ccnc(Nc2cccc3cccnc23)n1. The molecule has 2 aromatic carbocycles. The van der Waals surface area contributed by atoms with E-state index in [9.17, 15) is 0 Å². The van der Waals surface area contributed by atoms with E-state index in [0.717, 1.165) is 33.6 Å². The smallest absolute Gasteiger partial charge is 0.229 e. The monoisotopic (exact) mass is 357 g/mol. The average molecular weight is 357 g/mol. The van der Waals surface area contributed by atoms with Crippen LogP contribution in [0.3, 0.4) is 0 Å². The average Bonchev–Trinajstić information content (AvgIpc) is 2.69. The minimum Gasteiger partial charge on any atom is -0.495 e. The van der Waals surface area contributed by atoms with Crippen LogP contribution >= 0.6 is 0 Å². The van der Waals surface area contributed by atoms with Crippen LogP contribution in [-0.2, 0) is 0 Å². The summed E-state index contributed by atoms with van der Waals surface area (Å²) in [4.78, 5) is 13.3. The number of ether oxygens (including phenoxy) is 1. The molecule has 2 heterocycles. The molecule has 0 spiro atoms. The number of aryl methyl sites for hydroxylation is 1. The minimum absolute atomic E-state index is 0.491. The van der Waals surface area contributed by atoms with Gasteiger partial charge in [-0.15, -0.1) is 0 Å². The van der Waals surface area contributed by atoms with Crippen LogP contribution in [0.2, 0.25) is 0 Å². The Hall–Kier alpha value is -3.67. The summed E-state index contributed by atoms with van der Waals surface area (Å²) in [7, 11) is 1.65. The first-order chi connectivity index (χ1) is 13.2. The van der Waals surface area contributed by atoms with Crippen molar-refractivity contribution < 1.29 is 4.74 Å². The lowest BCUT2D eigenvalue weighted by atomic mass is 10.2. The van der Waals surface area contributed by atoms with E-state index in [2.05, 4.69) is 25.6 Å². The van der Waals surface area contributed by atoms with E-state index in [1.165, 1.54) is 0 Å². The second-order valence-corrected chi connectivity index (χ2v) is 6.10. The summed E-state index contributed by atoms with van der Waals surface area (Å²) in [6.45, 7) is 2.03. The number of benzene rings is 2. The molecular weight excluding hydrogens is 338 g/mol. The van der Waals surface area contributed by atoms with Crippen molar-refractivity contribution in [2.75, 3.05) is 17.7 Å². The summed E-state index contributed by atoms with van der Waals surface area (Å²) in [6.07, 6.45) is 3.48. The van der Waals surface area contributed by atoms with Gasteiger partial charge in [0.15, 0.2) is 0 Å². The number of methoxy groups -OCH3 is 1. The van der Waals surface area contributed by atoms with Gasteiger partial charge >= 0.3 is 0 Å². The summed E-state index contributed by atoms with van der Waals surface area (Å²) >= 11 is 0. The standard InChI is InChI=1S/C21H19N5O/c1-14-8-9-18(27-2)17(13-14)24-19-10-12-23-21(26-19)25-16-7-3-5-15-6-4-11-22-20(15)16/h3-13H,1-2H3,(H2,23,24,25,26). The molecule has 6 nitrogen and oxygen atoms in total. The molecule has 4 rings (SSSR count). The van der Waals surface area contributed by atoms with Gasteiger partial charge in [-0.3, -0.25) is 4.98 Å². The van der Waals surface area contributed by atoms with Gasteiger partial charge in [0.2, 0.25) is 5.95 Å². The van der Waals surface area contributed by atoms with Crippen molar-refractivity contribution in [1.29, 1.82) is 0 Å². The van der Waals surface area contributed by atoms with Crippen LogP contribution in [-0.4, -0.2) is 22.1 Å². The third-order valence-corrected chi connectivity index (χ3v) is 4.15. The molecule has 0 saturated heterocycles. The number of aromatic nitrogens is 3. The first kappa shape index (κ1) is 16.8. The highest BCUT2D eigenvalue weighted by molar-refractivity contribution is 5.91. The van der Waals surface area contributed by atoms with Gasteiger partial charge in [-0.05, 0) is 42.8 Å². The molecule has 0 amide bonds. The van der Waals surface area contributed by atoms with E-state index in [1.54, 1.807) is 19.5 Å². The van der Waals surface area contributed by atoms with E-state index in [4.69, 9.17) is 4.74 Å². The molecule has 0 saturated carbocycles. The zero-order valence-electron chi connectivity index (χ0n) is 15.1. The molecule has 27 heavy (non-hydrogen) atoms. The van der Waals surface area contributed by atoms with Crippen LogP contribution in [0.15, 0.2) is 67.0 Å². The van der Waals surface area contributed by atoms with E-state index < -0.39 is 0 Å². The molecule has 4 aromatic rings. The van der Waals surface area contributed by atoms with E-state index in [0.29, 0.717) is 11.8 Å². The van der Waals surface area contributed by atoms with Crippen molar-refractivity contribution >= 4 is 34.0 Å². The van der Waals surface area contributed by atoms with Gasteiger partial charge in [0.25, 0.3) is 0 Å². The molecule has 0 unspecified atom stereocenters. The maximum atomic E-state index is 5.42. The Labute approximate surface area is 157 Å². The van der Waals surface area contributed by atoms with Gasteiger partial charge in [-0.1, -0.05) is 24.3 Å². The topological polar surface area (TPSA) is 72.0 Å². The Morgan fingerprint density at radius 2 is 1.74 bits per heavy atom. The molecular formula is C21H19N5O. The highest BCUT2D eigenvalue weighted by Crippen LogP contribution is 2.28. The van der Waals surface area contributed by atoms with Crippen molar-refractivity contribution in [3.8, 4) is 5.75 Å². The summed E-state index contributed by atoms with van der Waals surface area (Å²) in [5.74, 6) is 1.92. The first-order valence-electron chi connectivity index (χ1n) is 8.58. The molecule has 0 radical (unpaired) electrons. The van der Waals surface area contributed by atoms with Crippen LogP contribution in [0, 0.1) is 6.92 Å². The third kappa shape index (κ3) is 3.64. The predicted molar refractivity (Wildman–Crippen MR) is 108 cm³/mol. The predicted octanol–water partition coefficient (Wildman–Crippen LogP) is 4.83. The second-order valence-electron chi connectivity index (χ2n) is 6.10. The highest BCUT2D eigenvalue weighted by atomic mass is 16.5. The summed E-state index contributed by atoms with van der Waals surface area (Å²) in [5.41, 5.74) is 3.72. The van der Waals surface area contributed by atoms with Crippen molar-refractivity contribution in [3.63, 3.8) is 0 Å². The summed E-state index contributed by atoms with van der Waals surface area (Å²) in [5, 5.41) is 7.61. The Kier molecular flexibility index (Phi) is 4.53. The zero-order chi connectivity index (χ0) is 18.6. The van der Waals surface area contributed by atoms with Gasteiger partial charge in [0.1, 0.15) is 11.6 Å². The van der Waals surface area contributed by atoms with Crippen LogP contribution < -0.4 is 15.4 Å². The van der Waals surface area contributed by atoms with Crippen LogP contribution in [0.5, 0.6) is 5.75 Å². The van der Waals surface area contributed by atoms with Crippen molar-refractivity contribution in [3.05, 3.63) is 72.6 Å². The molecule has 0 fully saturated rings. The van der Waals surface area contributed by atoms with E-state index >= 15 is 0 Å². The van der Waals surface area contributed by atoms with E-state index in [1.807, 2.05) is 61.5 Å². The lowest BCUT2D eigenvalue weighted by Gasteiger charge is -2.12. The number of rotatable bonds is 5. The Morgan fingerprint density at radius 1 is 0.852 bits per heavy atom. The van der Waals surface area contributed by atoms with Crippen LogP contribution in [0.4, 0.5) is 23.1 Å². The van der Waals surface area contributed by atoms with Crippen LogP contribution in [0.1, 0.15) is 5.56 Å². The molecule has 134 valence electrons. The molecule has 0 bridgehead atoms. The Morgan fingerprint density at radius 3 is 2.63 bits per heavy atom. The fraction of sp³-hybridized carbons (Fsp3) is 0.0952. The Balaban J connectivity index is 1.62. The molecule has 0 aliphatic rings. The minimum atomic E-state index is 0.491. The number of hydrogen-bond acceptors (Lipinski definition) is 6. The molecule has 6 heteroatoms. The fourth-order valence-electron chi connectivity index (χ4n) is 2.87. The van der Waals surface area contributed by atoms with Gasteiger partial charge < -0.3 is 15.4 Å². The van der Waals surface area contributed by atoms with Gasteiger partial charge in [0, 0.05) is 17.8 Å². The Bertz CT molecular complexity index is 1090. The molecule has 2 N–H and O–H groups in total. The number of pyridine rings is 1. The first-order valence-corrected chi connectivity index (χ1v) is 8.58. The maximum Gasteiger partial charge on any atom is 0.229 e. The van der Waals surface area contributed by atoms with E-state index in [-0.39, 0.29) is 0 Å². The lowest BCUT2D eigenvalue weighted by Crippen LogP contribution is -2.02. The maximum absolute atomic E-state index is 5.42. The third-order valence-electron chi connectivity index (χ3n) is 4.15. The summed E-state index contributed by atoms with van der Waals surface area (Å²) in [6, 6.07) is 17.7. The molecule has 0 atom stereocenters. The van der Waals surface area contributed by atoms with Crippen molar-refractivity contribution in [1.82, 2.24) is 15.0 Å². The number of hydrogen-bond donors (Lipinski definition) is 2. The van der Waals surface area contributed by atoms with Crippen LogP contribution in [0.25, 0.3) is 10.9 Å².